The predicted molar refractivity (Wildman–Crippen MR) is 131 cm³/mol. The van der Waals surface area contributed by atoms with Crippen molar-refractivity contribution < 1.29 is 57.2 Å². The van der Waals surface area contributed by atoms with E-state index in [4.69, 9.17) is 5.11 Å². The van der Waals surface area contributed by atoms with Gasteiger partial charge in [0.25, 0.3) is 0 Å². The molecular formula is C26H43MgO7Ti+. The Balaban J connectivity index is -0.000000172. The first kappa shape index (κ1) is 44.4. The summed E-state index contributed by atoms with van der Waals surface area (Å²) in [5, 5.41) is 19.1. The number of rotatable bonds is 17. The SMILES string of the molecule is CCCCCCCCCCCCCCCCCC(=O)[O-].COC(=O)c1ccc(O)cc1.[Mg+2].[O-2].[O-2].[Ti+4]. The van der Waals surface area contributed by atoms with Gasteiger partial charge in [-0.05, 0) is 37.1 Å². The smallest absolute Gasteiger partial charge is 2.00 e. The first-order valence-corrected chi connectivity index (χ1v) is 12.1. The number of esters is 1. The summed E-state index contributed by atoms with van der Waals surface area (Å²) in [6.07, 6.45) is 19.9. The van der Waals surface area contributed by atoms with Gasteiger partial charge in [-0.25, -0.2) is 4.79 Å². The normalized spacial score (nSPS) is 9.09. The molecule has 0 aromatic heterocycles. The zero-order chi connectivity index (χ0) is 23.2. The van der Waals surface area contributed by atoms with Gasteiger partial charge in [0.2, 0.25) is 0 Å². The topological polar surface area (TPSA) is 144 Å². The van der Waals surface area contributed by atoms with E-state index in [0.717, 1.165) is 12.8 Å². The van der Waals surface area contributed by atoms with Gasteiger partial charge in [0, 0.05) is 5.97 Å². The minimum Gasteiger partial charge on any atom is -2.00 e. The van der Waals surface area contributed by atoms with E-state index in [1.165, 1.54) is 115 Å². The second-order valence-electron chi connectivity index (χ2n) is 8.11. The molecule has 0 unspecified atom stereocenters. The molecule has 0 radical (unpaired) electrons. The molecule has 1 aromatic rings. The molecule has 0 atom stereocenters. The largest absolute Gasteiger partial charge is 4.00 e. The van der Waals surface area contributed by atoms with E-state index in [1.807, 2.05) is 0 Å². The minimum atomic E-state index is -0.903. The van der Waals surface area contributed by atoms with E-state index in [0.29, 0.717) is 5.56 Å². The number of unbranched alkanes of at least 4 members (excludes halogenated alkanes) is 14. The van der Waals surface area contributed by atoms with Crippen molar-refractivity contribution in [2.75, 3.05) is 7.11 Å². The first-order valence-electron chi connectivity index (χ1n) is 12.1. The van der Waals surface area contributed by atoms with Crippen LogP contribution in [0.2, 0.25) is 0 Å². The standard InChI is InChI=1S/C18H36O2.C8H8O3.Mg.2O.Ti/c1-2-3-4-5-6-7-8-9-10-11-12-13-14-15-16-17-18(19)20;1-11-8(10)6-2-4-7(9)5-3-6;;;;/h2-17H2,1H3,(H,19,20);2-5,9H,1H3;;;;/q;;+2;2*-2;+4/p-1. The van der Waals surface area contributed by atoms with E-state index in [9.17, 15) is 14.7 Å². The Kier molecular flexibility index (Phi) is 42.3. The van der Waals surface area contributed by atoms with Gasteiger partial charge in [-0.2, -0.15) is 0 Å². The summed E-state index contributed by atoms with van der Waals surface area (Å²) in [5.74, 6) is -1.16. The second-order valence-corrected chi connectivity index (χ2v) is 8.11. The Hall–Kier alpha value is -0.639. The molecule has 1 N–H and O–H groups in total. The monoisotopic (exact) mass is 539 g/mol. The molecule has 0 aliphatic heterocycles. The van der Waals surface area contributed by atoms with Crippen LogP contribution in [-0.4, -0.2) is 47.2 Å². The van der Waals surface area contributed by atoms with Crippen LogP contribution in [-0.2, 0) is 42.2 Å². The summed E-state index contributed by atoms with van der Waals surface area (Å²) in [4.78, 5) is 21.0. The Morgan fingerprint density at radius 2 is 1.09 bits per heavy atom. The number of aliphatic carboxylic acids is 1. The van der Waals surface area contributed by atoms with Crippen LogP contribution in [0.15, 0.2) is 24.3 Å². The molecule has 0 saturated carbocycles. The van der Waals surface area contributed by atoms with Crippen LogP contribution in [0.5, 0.6) is 5.75 Å². The molecule has 0 heterocycles. The number of phenolic OH excluding ortho intramolecular Hbond substituents is 1. The molecule has 0 amide bonds. The quantitative estimate of drug-likeness (QED) is 0.157. The molecule has 35 heavy (non-hydrogen) atoms. The number of carboxylic acids is 1. The number of aromatic hydroxyl groups is 1. The van der Waals surface area contributed by atoms with Gasteiger partial charge < -0.3 is 30.7 Å². The van der Waals surface area contributed by atoms with Crippen molar-refractivity contribution in [1.29, 1.82) is 0 Å². The van der Waals surface area contributed by atoms with Crippen LogP contribution in [0.3, 0.4) is 0 Å². The third-order valence-corrected chi connectivity index (χ3v) is 5.27. The number of methoxy groups -OCH3 is 1. The maximum atomic E-state index is 10.8. The zero-order valence-corrected chi connectivity index (χ0v) is 24.7. The van der Waals surface area contributed by atoms with Crippen LogP contribution < -0.4 is 5.11 Å². The Morgan fingerprint density at radius 3 is 1.40 bits per heavy atom. The van der Waals surface area contributed by atoms with Crippen molar-refractivity contribution in [3.8, 4) is 5.75 Å². The molecule has 9 heteroatoms. The molecule has 0 aliphatic rings. The average molecular weight is 540 g/mol. The van der Waals surface area contributed by atoms with Crippen LogP contribution >= 0.6 is 0 Å². The van der Waals surface area contributed by atoms with Crippen molar-refractivity contribution in [3.63, 3.8) is 0 Å². The third kappa shape index (κ3) is 31.3. The second kappa shape index (κ2) is 33.4. The van der Waals surface area contributed by atoms with Gasteiger partial charge in [-0.3, -0.25) is 0 Å². The van der Waals surface area contributed by atoms with E-state index >= 15 is 0 Å². The Morgan fingerprint density at radius 1 is 0.743 bits per heavy atom. The van der Waals surface area contributed by atoms with Crippen LogP contribution in [0.25, 0.3) is 0 Å². The third-order valence-electron chi connectivity index (χ3n) is 5.27. The summed E-state index contributed by atoms with van der Waals surface area (Å²) in [6, 6.07) is 5.88. The number of benzene rings is 1. The Labute approximate surface area is 243 Å². The summed E-state index contributed by atoms with van der Waals surface area (Å²) in [6.45, 7) is 2.27. The number of hydrogen-bond acceptors (Lipinski definition) is 5. The summed E-state index contributed by atoms with van der Waals surface area (Å²) >= 11 is 0. The molecular weight excluding hydrogens is 496 g/mol. The molecule has 1 aromatic carbocycles. The Bertz CT molecular complexity index is 571. The predicted octanol–water partition coefficient (Wildman–Crippen LogP) is 5.56. The average Bonchev–Trinajstić information content (AvgIpc) is 2.76. The molecule has 0 aliphatic carbocycles. The van der Waals surface area contributed by atoms with Crippen molar-refractivity contribution in [3.05, 3.63) is 29.8 Å². The van der Waals surface area contributed by atoms with Gasteiger partial charge in [0.05, 0.1) is 12.7 Å². The van der Waals surface area contributed by atoms with Crippen LogP contribution in [0.4, 0.5) is 0 Å². The molecule has 1 rings (SSSR count). The number of carbonyl (C=O) groups is 2. The van der Waals surface area contributed by atoms with Gasteiger partial charge in [0.15, 0.2) is 0 Å². The van der Waals surface area contributed by atoms with Gasteiger partial charge in [-0.15, -0.1) is 0 Å². The molecule has 0 bridgehead atoms. The molecule has 194 valence electrons. The number of ether oxygens (including phenoxy) is 1. The van der Waals surface area contributed by atoms with Gasteiger partial charge >= 0.3 is 50.7 Å². The number of carboxylic acid groups (broad SMARTS) is 1. The van der Waals surface area contributed by atoms with Gasteiger partial charge in [0.1, 0.15) is 5.75 Å². The fourth-order valence-corrected chi connectivity index (χ4v) is 3.36. The maximum absolute atomic E-state index is 10.8. The minimum absolute atomic E-state index is 0. The van der Waals surface area contributed by atoms with E-state index in [-0.39, 0.29) is 67.9 Å². The van der Waals surface area contributed by atoms with Crippen molar-refractivity contribution in [2.45, 2.75) is 110 Å². The fraction of sp³-hybridized carbons (Fsp3) is 0.692. The van der Waals surface area contributed by atoms with Crippen LogP contribution in [0, 0.1) is 0 Å². The fourth-order valence-electron chi connectivity index (χ4n) is 3.36. The molecule has 0 spiro atoms. The van der Waals surface area contributed by atoms with Crippen LogP contribution in [0.1, 0.15) is 120 Å². The zero-order valence-electron chi connectivity index (χ0n) is 21.7. The van der Waals surface area contributed by atoms with Crippen molar-refractivity contribution in [1.82, 2.24) is 0 Å². The van der Waals surface area contributed by atoms with Crippen molar-refractivity contribution in [2.24, 2.45) is 0 Å². The number of hydrogen-bond donors (Lipinski definition) is 1. The van der Waals surface area contributed by atoms with Gasteiger partial charge in [-0.1, -0.05) is 96.8 Å². The van der Waals surface area contributed by atoms with E-state index < -0.39 is 11.9 Å². The molecule has 0 fully saturated rings. The molecule has 7 nitrogen and oxygen atoms in total. The molecule has 0 saturated heterocycles. The summed E-state index contributed by atoms with van der Waals surface area (Å²) < 4.78 is 4.46. The summed E-state index contributed by atoms with van der Waals surface area (Å²) in [5.41, 5.74) is 0.435. The van der Waals surface area contributed by atoms with Crippen molar-refractivity contribution >= 4 is 35.0 Å². The number of phenols is 1. The maximum Gasteiger partial charge on any atom is 4.00 e. The summed E-state index contributed by atoms with van der Waals surface area (Å²) in [7, 11) is 1.31. The van der Waals surface area contributed by atoms with E-state index in [2.05, 4.69) is 11.7 Å². The first-order chi connectivity index (χ1) is 15.0. The number of carbonyl (C=O) groups excluding carboxylic acids is 2. The van der Waals surface area contributed by atoms with E-state index in [1.54, 1.807) is 0 Å².